The van der Waals surface area contributed by atoms with Crippen LogP contribution in [0.3, 0.4) is 0 Å². The number of aromatic nitrogens is 1. The van der Waals surface area contributed by atoms with Crippen LogP contribution in [-0.2, 0) is 28.9 Å². The lowest BCUT2D eigenvalue weighted by atomic mass is 9.94. The summed E-state index contributed by atoms with van der Waals surface area (Å²) in [5, 5.41) is 21.4. The molecule has 0 radical (unpaired) electrons. The highest BCUT2D eigenvalue weighted by Crippen LogP contribution is 2.38. The van der Waals surface area contributed by atoms with Crippen molar-refractivity contribution in [2.45, 2.75) is 38.8 Å². The summed E-state index contributed by atoms with van der Waals surface area (Å²) in [5.74, 6) is 0.384. The van der Waals surface area contributed by atoms with E-state index in [1.807, 2.05) is 17.5 Å². The summed E-state index contributed by atoms with van der Waals surface area (Å²) in [4.78, 5) is 26.4. The Kier molecular flexibility index (Phi) is 6.68. The number of nitrogens with one attached hydrogen (secondary N) is 2. The average Bonchev–Trinajstić information content (AvgIpc) is 3.50. The second kappa shape index (κ2) is 9.80. The van der Waals surface area contributed by atoms with Crippen LogP contribution in [0, 0.1) is 18.3 Å². The van der Waals surface area contributed by atoms with E-state index < -0.39 is 6.09 Å². The fourth-order valence-electron chi connectivity index (χ4n) is 3.42. The number of hydrogen-bond acceptors (Lipinski definition) is 8. The van der Waals surface area contributed by atoms with Gasteiger partial charge in [-0.25, -0.2) is 4.79 Å². The molecule has 1 atom stereocenters. The molecule has 0 saturated carbocycles. The van der Waals surface area contributed by atoms with Crippen LogP contribution in [-0.4, -0.2) is 23.3 Å². The Bertz CT molecular complexity index is 1190. The van der Waals surface area contributed by atoms with E-state index in [2.05, 4.69) is 21.9 Å². The summed E-state index contributed by atoms with van der Waals surface area (Å²) >= 11 is 2.90. The first-order valence-corrected chi connectivity index (χ1v) is 11.7. The van der Waals surface area contributed by atoms with Gasteiger partial charge in [0, 0.05) is 28.3 Å². The van der Waals surface area contributed by atoms with E-state index in [0.717, 1.165) is 15.3 Å². The second-order valence-electron chi connectivity index (χ2n) is 7.21. The van der Waals surface area contributed by atoms with Gasteiger partial charge in [-0.15, -0.1) is 22.7 Å². The smallest absolute Gasteiger partial charge is 0.407 e. The van der Waals surface area contributed by atoms with Crippen LogP contribution in [0.25, 0.3) is 6.08 Å². The Morgan fingerprint density at radius 2 is 2.34 bits per heavy atom. The van der Waals surface area contributed by atoms with Crippen molar-refractivity contribution in [1.82, 2.24) is 10.5 Å². The maximum Gasteiger partial charge on any atom is 0.407 e. The van der Waals surface area contributed by atoms with E-state index in [1.165, 1.54) is 28.7 Å². The zero-order valence-electron chi connectivity index (χ0n) is 17.2. The predicted octanol–water partition coefficient (Wildman–Crippen LogP) is 4.41. The molecule has 32 heavy (non-hydrogen) atoms. The van der Waals surface area contributed by atoms with Crippen LogP contribution in [0.4, 0.5) is 9.80 Å². The molecular formula is C22H20N4O4S2. The minimum Gasteiger partial charge on any atom is -0.446 e. The first-order chi connectivity index (χ1) is 15.5. The Hall–Kier alpha value is -3.42. The largest absolute Gasteiger partial charge is 0.446 e. The third-order valence-corrected chi connectivity index (χ3v) is 6.88. The van der Waals surface area contributed by atoms with E-state index in [0.29, 0.717) is 41.3 Å². The molecule has 1 unspecified atom stereocenters. The number of aryl methyl sites for hydroxylation is 1. The molecule has 2 N–H and O–H groups in total. The molecule has 8 nitrogen and oxygen atoms in total. The molecule has 10 heteroatoms. The fraction of sp³-hybridized carbons (Fsp3) is 0.273. The van der Waals surface area contributed by atoms with Crippen molar-refractivity contribution in [1.29, 1.82) is 5.26 Å². The quantitative estimate of drug-likeness (QED) is 0.518. The highest BCUT2D eigenvalue weighted by molar-refractivity contribution is 7.16. The molecule has 0 fully saturated rings. The number of rotatable bonds is 6. The van der Waals surface area contributed by atoms with Crippen LogP contribution in [0.1, 0.15) is 38.8 Å². The van der Waals surface area contributed by atoms with Crippen molar-refractivity contribution in [3.05, 3.63) is 62.0 Å². The minimum atomic E-state index is -0.525. The summed E-state index contributed by atoms with van der Waals surface area (Å²) < 4.78 is 10.5. The molecule has 0 saturated heterocycles. The molecule has 2 amide bonds. The lowest BCUT2D eigenvalue weighted by molar-refractivity contribution is -0.111. The number of amides is 2. The number of carbonyl (C=O) groups is 2. The van der Waals surface area contributed by atoms with Crippen LogP contribution in [0.15, 0.2) is 34.2 Å². The Balaban J connectivity index is 1.35. The van der Waals surface area contributed by atoms with Gasteiger partial charge in [0.25, 0.3) is 0 Å². The van der Waals surface area contributed by atoms with Crippen molar-refractivity contribution in [3.8, 4) is 6.07 Å². The van der Waals surface area contributed by atoms with Crippen molar-refractivity contribution in [3.63, 3.8) is 0 Å². The molecular weight excluding hydrogens is 448 g/mol. The van der Waals surface area contributed by atoms with Crippen LogP contribution >= 0.6 is 22.7 Å². The zero-order valence-corrected chi connectivity index (χ0v) is 18.8. The third-order valence-electron chi connectivity index (χ3n) is 4.88. The van der Waals surface area contributed by atoms with Gasteiger partial charge in [-0.1, -0.05) is 11.2 Å². The number of anilines is 1. The number of alkyl carbamates (subject to hydrolysis) is 1. The summed E-state index contributed by atoms with van der Waals surface area (Å²) in [6, 6.07) is 7.79. The highest BCUT2D eigenvalue weighted by Gasteiger charge is 2.28. The number of hydrogen-bond donors (Lipinski definition) is 2. The van der Waals surface area contributed by atoms with Crippen LogP contribution < -0.4 is 10.6 Å². The van der Waals surface area contributed by atoms with E-state index in [9.17, 15) is 14.9 Å². The molecule has 4 rings (SSSR count). The molecule has 1 aliphatic carbocycles. The number of ether oxygens (including phenoxy) is 1. The first-order valence-electron chi connectivity index (χ1n) is 9.95. The summed E-state index contributed by atoms with van der Waals surface area (Å²) in [7, 11) is 0. The molecule has 0 aromatic carbocycles. The van der Waals surface area contributed by atoms with Gasteiger partial charge < -0.3 is 19.9 Å². The Morgan fingerprint density at radius 1 is 1.47 bits per heavy atom. The van der Waals surface area contributed by atoms with Gasteiger partial charge in [0.1, 0.15) is 28.6 Å². The van der Waals surface area contributed by atoms with Crippen LogP contribution in [0.2, 0.25) is 0 Å². The fourth-order valence-corrected chi connectivity index (χ4v) is 5.30. The van der Waals surface area contributed by atoms with Gasteiger partial charge in [-0.2, -0.15) is 5.26 Å². The number of nitriles is 1. The zero-order chi connectivity index (χ0) is 22.5. The van der Waals surface area contributed by atoms with Gasteiger partial charge in [-0.3, -0.25) is 4.79 Å². The summed E-state index contributed by atoms with van der Waals surface area (Å²) in [6.45, 7) is 2.00. The van der Waals surface area contributed by atoms with E-state index in [4.69, 9.17) is 9.26 Å². The van der Waals surface area contributed by atoms with Gasteiger partial charge in [0.05, 0.1) is 12.1 Å². The molecule has 3 heterocycles. The monoisotopic (exact) mass is 468 g/mol. The molecule has 0 spiro atoms. The van der Waals surface area contributed by atoms with Gasteiger partial charge in [0.2, 0.25) is 5.91 Å². The molecule has 164 valence electrons. The lowest BCUT2D eigenvalue weighted by Gasteiger charge is -2.22. The molecule has 1 aliphatic rings. The minimum absolute atomic E-state index is 0.223. The SMILES string of the molecule is Cc1cc(CNC(=O)OC2CCc3c(sc(NC(=O)/C=C/c4cccs4)c3C#N)C2)no1. The van der Waals surface area contributed by atoms with Crippen molar-refractivity contribution in [2.75, 3.05) is 5.32 Å². The maximum atomic E-state index is 12.3. The number of nitrogens with zero attached hydrogens (tertiary/aromatic N) is 2. The Labute approximate surface area is 192 Å². The predicted molar refractivity (Wildman–Crippen MR) is 121 cm³/mol. The average molecular weight is 469 g/mol. The standard InChI is InChI=1S/C22H20N4O4S2/c1-13-9-14(26-30-13)12-24-22(28)29-15-4-6-17-18(11-23)21(32-19(17)10-15)25-20(27)7-5-16-3-2-8-31-16/h2-3,5,7-9,15H,4,6,10,12H2,1H3,(H,24,28)(H,25,27)/b7-5+. The first kappa shape index (κ1) is 21.8. The topological polar surface area (TPSA) is 117 Å². The van der Waals surface area contributed by atoms with E-state index in [-0.39, 0.29) is 18.6 Å². The number of carbonyl (C=O) groups excluding carboxylic acids is 2. The van der Waals surface area contributed by atoms with E-state index in [1.54, 1.807) is 19.1 Å². The molecule has 0 aliphatic heterocycles. The molecule has 3 aromatic rings. The van der Waals surface area contributed by atoms with Crippen molar-refractivity contribution < 1.29 is 18.8 Å². The van der Waals surface area contributed by atoms with Crippen molar-refractivity contribution >= 4 is 45.8 Å². The number of thiophene rings is 2. The molecule has 0 bridgehead atoms. The highest BCUT2D eigenvalue weighted by atomic mass is 32.1. The summed E-state index contributed by atoms with van der Waals surface area (Å²) in [5.41, 5.74) is 2.04. The van der Waals surface area contributed by atoms with Crippen LogP contribution in [0.5, 0.6) is 0 Å². The van der Waals surface area contributed by atoms with Gasteiger partial charge in [-0.05, 0) is 42.9 Å². The normalized spacial score (nSPS) is 15.2. The summed E-state index contributed by atoms with van der Waals surface area (Å²) in [6.07, 6.45) is 4.10. The lowest BCUT2D eigenvalue weighted by Crippen LogP contribution is -2.31. The second-order valence-corrected chi connectivity index (χ2v) is 9.29. The van der Waals surface area contributed by atoms with Crippen molar-refractivity contribution in [2.24, 2.45) is 0 Å². The van der Waals surface area contributed by atoms with Gasteiger partial charge >= 0.3 is 6.09 Å². The Morgan fingerprint density at radius 3 is 3.06 bits per heavy atom. The maximum absolute atomic E-state index is 12.3. The molecule has 3 aromatic heterocycles. The third kappa shape index (κ3) is 5.25. The van der Waals surface area contributed by atoms with Gasteiger partial charge in [0.15, 0.2) is 0 Å². The van der Waals surface area contributed by atoms with E-state index >= 15 is 0 Å². The number of fused-ring (bicyclic) bond motifs is 1.